The molecule has 116 valence electrons. The second-order valence-electron chi connectivity index (χ2n) is 4.67. The highest BCUT2D eigenvalue weighted by molar-refractivity contribution is 7.99. The number of nitrogens with zero attached hydrogens (tertiary/aromatic N) is 4. The molecule has 0 saturated carbocycles. The summed E-state index contributed by atoms with van der Waals surface area (Å²) in [6, 6.07) is 13.6. The number of aromatic nitrogens is 4. The smallest absolute Gasteiger partial charge is 0.230 e. The van der Waals surface area contributed by atoms with E-state index < -0.39 is 0 Å². The van der Waals surface area contributed by atoms with E-state index in [-0.39, 0.29) is 11.7 Å². The Morgan fingerprint density at radius 1 is 1.13 bits per heavy atom. The van der Waals surface area contributed by atoms with Gasteiger partial charge in [-0.25, -0.2) is 0 Å². The summed E-state index contributed by atoms with van der Waals surface area (Å²) in [5, 5.41) is 11.8. The highest BCUT2D eigenvalue weighted by Gasteiger charge is 2.16. The van der Waals surface area contributed by atoms with Gasteiger partial charge in [-0.15, -0.1) is 10.2 Å². The lowest BCUT2D eigenvalue weighted by molar-refractivity contribution is -0.118. The van der Waals surface area contributed by atoms with Gasteiger partial charge in [0.15, 0.2) is 11.0 Å². The lowest BCUT2D eigenvalue weighted by Gasteiger charge is -2.09. The number of pyridine rings is 1. The van der Waals surface area contributed by atoms with E-state index in [1.54, 1.807) is 19.4 Å². The summed E-state index contributed by atoms with van der Waals surface area (Å²) in [7, 11) is 1.62. The van der Waals surface area contributed by atoms with Crippen LogP contribution >= 0.6 is 11.8 Å². The van der Waals surface area contributed by atoms with Crippen molar-refractivity contribution in [3.63, 3.8) is 0 Å². The minimum atomic E-state index is -0.0527. The Morgan fingerprint density at radius 3 is 2.57 bits per heavy atom. The average Bonchev–Trinajstić information content (AvgIpc) is 3.05. The van der Waals surface area contributed by atoms with Crippen LogP contribution in [0.3, 0.4) is 0 Å². The van der Waals surface area contributed by atoms with Gasteiger partial charge in [-0.05, 0) is 24.3 Å². The number of benzene rings is 1. The van der Waals surface area contributed by atoms with Crippen LogP contribution in [-0.4, -0.2) is 38.5 Å². The van der Waals surface area contributed by atoms with Crippen molar-refractivity contribution in [2.75, 3.05) is 12.8 Å². The van der Waals surface area contributed by atoms with Crippen LogP contribution in [-0.2, 0) is 4.79 Å². The van der Waals surface area contributed by atoms with Gasteiger partial charge in [-0.2, -0.15) is 0 Å². The van der Waals surface area contributed by atoms with Crippen LogP contribution in [0.4, 0.5) is 0 Å². The molecule has 2 aromatic heterocycles. The molecule has 23 heavy (non-hydrogen) atoms. The van der Waals surface area contributed by atoms with Gasteiger partial charge >= 0.3 is 0 Å². The van der Waals surface area contributed by atoms with Crippen molar-refractivity contribution in [3.05, 3.63) is 54.9 Å². The van der Waals surface area contributed by atoms with Crippen molar-refractivity contribution in [1.29, 1.82) is 0 Å². The van der Waals surface area contributed by atoms with Gasteiger partial charge in [0, 0.05) is 30.7 Å². The zero-order valence-corrected chi connectivity index (χ0v) is 13.3. The number of carbonyl (C=O) groups is 1. The maximum absolute atomic E-state index is 11.5. The Balaban J connectivity index is 2.04. The molecule has 0 unspecified atom stereocenters. The third-order valence-electron chi connectivity index (χ3n) is 3.20. The molecule has 3 aromatic rings. The molecular formula is C16H15N5OS. The van der Waals surface area contributed by atoms with Crippen LogP contribution in [0.25, 0.3) is 17.1 Å². The van der Waals surface area contributed by atoms with Crippen molar-refractivity contribution in [3.8, 4) is 17.1 Å². The van der Waals surface area contributed by atoms with Crippen LogP contribution < -0.4 is 5.32 Å². The minimum absolute atomic E-state index is 0.0527. The van der Waals surface area contributed by atoms with Gasteiger partial charge in [0.25, 0.3) is 0 Å². The summed E-state index contributed by atoms with van der Waals surface area (Å²) in [5.41, 5.74) is 1.87. The Morgan fingerprint density at radius 2 is 1.87 bits per heavy atom. The monoisotopic (exact) mass is 325 g/mol. The largest absolute Gasteiger partial charge is 0.358 e. The summed E-state index contributed by atoms with van der Waals surface area (Å²) in [5.74, 6) is 0.957. The number of carbonyl (C=O) groups excluding carboxylic acids is 1. The second kappa shape index (κ2) is 7.06. The molecule has 0 atom stereocenters. The number of para-hydroxylation sites is 1. The van der Waals surface area contributed by atoms with Crippen molar-refractivity contribution >= 4 is 17.7 Å². The van der Waals surface area contributed by atoms with Gasteiger partial charge < -0.3 is 5.32 Å². The van der Waals surface area contributed by atoms with Gasteiger partial charge in [-0.3, -0.25) is 14.3 Å². The molecule has 0 fully saturated rings. The van der Waals surface area contributed by atoms with E-state index in [2.05, 4.69) is 20.5 Å². The number of thioether (sulfide) groups is 1. The molecule has 7 heteroatoms. The summed E-state index contributed by atoms with van der Waals surface area (Å²) in [6.07, 6.45) is 3.44. The van der Waals surface area contributed by atoms with Crippen LogP contribution in [0.1, 0.15) is 0 Å². The molecule has 0 aliphatic rings. The standard InChI is InChI=1S/C16H15N5OS/c1-17-14(22)11-23-16-20-19-15(12-7-9-18-10-8-12)21(16)13-5-3-2-4-6-13/h2-10H,11H2,1H3,(H,17,22). The highest BCUT2D eigenvalue weighted by Crippen LogP contribution is 2.27. The normalized spacial score (nSPS) is 10.5. The van der Waals surface area contributed by atoms with E-state index in [4.69, 9.17) is 0 Å². The number of hydrogen-bond acceptors (Lipinski definition) is 5. The zero-order chi connectivity index (χ0) is 16.1. The maximum Gasteiger partial charge on any atom is 0.230 e. The molecule has 2 heterocycles. The Kier molecular flexibility index (Phi) is 4.68. The molecule has 0 aliphatic heterocycles. The predicted octanol–water partition coefficient (Wildman–Crippen LogP) is 2.17. The molecule has 0 spiro atoms. The van der Waals surface area contributed by atoms with Gasteiger partial charge in [0.2, 0.25) is 5.91 Å². The second-order valence-corrected chi connectivity index (χ2v) is 5.62. The number of hydrogen-bond donors (Lipinski definition) is 1. The minimum Gasteiger partial charge on any atom is -0.358 e. The molecule has 3 rings (SSSR count). The SMILES string of the molecule is CNC(=O)CSc1nnc(-c2ccncc2)n1-c1ccccc1. The summed E-state index contributed by atoms with van der Waals surface area (Å²) in [4.78, 5) is 15.5. The molecule has 1 amide bonds. The van der Waals surface area contributed by atoms with Gasteiger partial charge in [0.05, 0.1) is 5.75 Å². The fourth-order valence-corrected chi connectivity index (χ4v) is 2.89. The first-order valence-electron chi connectivity index (χ1n) is 7.04. The lowest BCUT2D eigenvalue weighted by atomic mass is 10.2. The van der Waals surface area contributed by atoms with Crippen molar-refractivity contribution in [2.45, 2.75) is 5.16 Å². The first kappa shape index (κ1) is 15.2. The molecule has 0 bridgehead atoms. The summed E-state index contributed by atoms with van der Waals surface area (Å²) in [6.45, 7) is 0. The lowest BCUT2D eigenvalue weighted by Crippen LogP contribution is -2.20. The van der Waals surface area contributed by atoms with Crippen LogP contribution in [0.2, 0.25) is 0 Å². The topological polar surface area (TPSA) is 72.7 Å². The highest BCUT2D eigenvalue weighted by atomic mass is 32.2. The van der Waals surface area contributed by atoms with E-state index in [0.29, 0.717) is 5.16 Å². The molecule has 0 saturated heterocycles. The molecule has 0 radical (unpaired) electrons. The van der Waals surface area contributed by atoms with Crippen molar-refractivity contribution in [1.82, 2.24) is 25.1 Å². The van der Waals surface area contributed by atoms with E-state index in [9.17, 15) is 4.79 Å². The van der Waals surface area contributed by atoms with E-state index in [1.165, 1.54) is 11.8 Å². The van der Waals surface area contributed by atoms with Crippen LogP contribution in [0.5, 0.6) is 0 Å². The van der Waals surface area contributed by atoms with Crippen molar-refractivity contribution in [2.24, 2.45) is 0 Å². The molecule has 0 aliphatic carbocycles. The van der Waals surface area contributed by atoms with Crippen LogP contribution in [0.15, 0.2) is 60.0 Å². The third kappa shape index (κ3) is 3.40. The molecule has 6 nitrogen and oxygen atoms in total. The van der Waals surface area contributed by atoms with E-state index in [0.717, 1.165) is 17.1 Å². The number of nitrogens with one attached hydrogen (secondary N) is 1. The molecule has 1 aromatic carbocycles. The summed E-state index contributed by atoms with van der Waals surface area (Å²) < 4.78 is 1.95. The first-order valence-corrected chi connectivity index (χ1v) is 8.03. The Bertz CT molecular complexity index is 789. The van der Waals surface area contributed by atoms with Crippen molar-refractivity contribution < 1.29 is 4.79 Å². The summed E-state index contributed by atoms with van der Waals surface area (Å²) >= 11 is 1.35. The average molecular weight is 325 g/mol. The molecular weight excluding hydrogens is 310 g/mol. The quantitative estimate of drug-likeness (QED) is 0.728. The molecule has 1 N–H and O–H groups in total. The Hall–Kier alpha value is -2.67. The van der Waals surface area contributed by atoms with Gasteiger partial charge in [-0.1, -0.05) is 30.0 Å². The third-order valence-corrected chi connectivity index (χ3v) is 4.13. The van der Waals surface area contributed by atoms with Crippen LogP contribution in [0, 0.1) is 0 Å². The van der Waals surface area contributed by atoms with E-state index in [1.807, 2.05) is 47.0 Å². The number of amides is 1. The number of rotatable bonds is 5. The van der Waals surface area contributed by atoms with E-state index >= 15 is 0 Å². The zero-order valence-electron chi connectivity index (χ0n) is 12.5. The van der Waals surface area contributed by atoms with Gasteiger partial charge in [0.1, 0.15) is 0 Å². The predicted molar refractivity (Wildman–Crippen MR) is 89.4 cm³/mol. The Labute approximate surface area is 138 Å². The maximum atomic E-state index is 11.5. The fourth-order valence-electron chi connectivity index (χ4n) is 2.06. The first-order chi connectivity index (χ1) is 11.3. The fraction of sp³-hybridized carbons (Fsp3) is 0.125.